The molecule has 0 radical (unpaired) electrons. The zero-order valence-corrected chi connectivity index (χ0v) is 18.2. The summed E-state index contributed by atoms with van der Waals surface area (Å²) in [7, 11) is -0.507. The van der Waals surface area contributed by atoms with Gasteiger partial charge in [0.05, 0.1) is 16.7 Å². The Bertz CT molecular complexity index is 1400. The van der Waals surface area contributed by atoms with Gasteiger partial charge >= 0.3 is 7.12 Å². The summed E-state index contributed by atoms with van der Waals surface area (Å²) in [6, 6.07) is 20.6. The summed E-state index contributed by atoms with van der Waals surface area (Å²) in [6.07, 6.45) is 0. The average molecular weight is 410 g/mol. The lowest BCUT2D eigenvalue weighted by molar-refractivity contribution is 0.00578. The van der Waals surface area contributed by atoms with E-state index in [4.69, 9.17) is 14.8 Å². The number of hydrogen-bond acceptors (Lipinski definition) is 2. The minimum absolute atomic E-state index is 0.0487. The first-order valence-electron chi connectivity index (χ1n) is 12.6. The highest BCUT2D eigenvalue weighted by molar-refractivity contribution is 6.62. The Kier molecular flexibility index (Phi) is 3.77. The van der Waals surface area contributed by atoms with Gasteiger partial charge in [-0.2, -0.15) is 0 Å². The van der Waals surface area contributed by atoms with Crippen LogP contribution in [0, 0.1) is 0 Å². The quantitative estimate of drug-likeness (QED) is 0.360. The normalized spacial score (nSPS) is 19.0. The van der Waals surface area contributed by atoms with Gasteiger partial charge in [0.2, 0.25) is 0 Å². The van der Waals surface area contributed by atoms with E-state index in [0.29, 0.717) is 16.7 Å². The topological polar surface area (TPSA) is 18.5 Å². The minimum Gasteiger partial charge on any atom is -0.399 e. The second-order valence-corrected chi connectivity index (χ2v) is 8.99. The molecule has 0 N–H and O–H groups in total. The maximum Gasteiger partial charge on any atom is 0.494 e. The molecular formula is C28H27BO2. The molecule has 0 bridgehead atoms. The molecule has 0 aromatic heterocycles. The molecule has 1 fully saturated rings. The first kappa shape index (κ1) is 15.9. The zero-order chi connectivity index (χ0) is 25.1. The van der Waals surface area contributed by atoms with Crippen LogP contribution in [0.5, 0.6) is 0 Å². The van der Waals surface area contributed by atoms with Gasteiger partial charge in [-0.3, -0.25) is 0 Å². The minimum atomic E-state index is -0.507. The predicted octanol–water partition coefficient (Wildman–Crippen LogP) is 6.47. The molecule has 4 aromatic rings. The van der Waals surface area contributed by atoms with Crippen molar-refractivity contribution in [3.63, 3.8) is 0 Å². The Morgan fingerprint density at radius 2 is 1.23 bits per heavy atom. The molecule has 3 heteroatoms. The van der Waals surface area contributed by atoms with Crippen LogP contribution in [0.4, 0.5) is 0 Å². The van der Waals surface area contributed by atoms with Gasteiger partial charge in [0.25, 0.3) is 0 Å². The molecule has 0 aliphatic carbocycles. The highest BCUT2D eigenvalue weighted by Crippen LogP contribution is 2.36. The fourth-order valence-electron chi connectivity index (χ4n) is 3.82. The van der Waals surface area contributed by atoms with Crippen LogP contribution in [0.3, 0.4) is 0 Å². The maximum atomic E-state index is 8.77. The Balaban J connectivity index is 1.57. The molecule has 0 saturated carbocycles. The van der Waals surface area contributed by atoms with Crippen molar-refractivity contribution in [3.8, 4) is 22.3 Å². The Morgan fingerprint density at radius 1 is 0.645 bits per heavy atom. The molecule has 1 saturated heterocycles. The van der Waals surface area contributed by atoms with Crippen LogP contribution in [0.2, 0.25) is 0 Å². The number of rotatable bonds is 3. The van der Waals surface area contributed by atoms with Crippen molar-refractivity contribution in [2.24, 2.45) is 0 Å². The van der Waals surface area contributed by atoms with Crippen LogP contribution in [-0.2, 0) is 9.31 Å². The van der Waals surface area contributed by atoms with Gasteiger partial charge in [-0.25, -0.2) is 0 Å². The summed E-state index contributed by atoms with van der Waals surface area (Å²) in [5, 5.41) is 1.89. The van der Waals surface area contributed by atoms with E-state index >= 15 is 0 Å². The summed E-state index contributed by atoms with van der Waals surface area (Å²) in [5.74, 6) is 0. The summed E-state index contributed by atoms with van der Waals surface area (Å²) >= 11 is 0. The smallest absolute Gasteiger partial charge is 0.399 e. The standard InChI is InChI=1S/C28H27BO2/c1-27(2)28(3,4)31-29(30-27)24-18-16-21(17-19-24)20-12-14-23(15-13-20)26-11-7-9-22-8-5-6-10-25(22)26/h5-19H,1-4H3/i12D,13D,14D,15D. The first-order valence-corrected chi connectivity index (χ1v) is 10.6. The average Bonchev–Trinajstić information content (AvgIpc) is 3.05. The molecule has 1 heterocycles. The van der Waals surface area contributed by atoms with Crippen molar-refractivity contribution in [2.75, 3.05) is 0 Å². The van der Waals surface area contributed by atoms with Gasteiger partial charge < -0.3 is 9.31 Å². The summed E-state index contributed by atoms with van der Waals surface area (Å²) in [4.78, 5) is 0. The molecular weight excluding hydrogens is 379 g/mol. The van der Waals surface area contributed by atoms with Crippen LogP contribution >= 0.6 is 0 Å². The van der Waals surface area contributed by atoms with Crippen LogP contribution in [0.1, 0.15) is 33.2 Å². The molecule has 31 heavy (non-hydrogen) atoms. The lowest BCUT2D eigenvalue weighted by atomic mass is 9.78. The Labute approximate surface area is 190 Å². The van der Waals surface area contributed by atoms with Gasteiger partial charge in [0, 0.05) is 0 Å². The fourth-order valence-corrected chi connectivity index (χ4v) is 3.82. The van der Waals surface area contributed by atoms with Crippen molar-refractivity contribution in [2.45, 2.75) is 38.9 Å². The van der Waals surface area contributed by atoms with E-state index in [1.807, 2.05) is 94.4 Å². The lowest BCUT2D eigenvalue weighted by Crippen LogP contribution is -2.41. The largest absolute Gasteiger partial charge is 0.494 e. The number of hydrogen-bond donors (Lipinski definition) is 0. The van der Waals surface area contributed by atoms with Crippen molar-refractivity contribution in [3.05, 3.63) is 90.9 Å². The van der Waals surface area contributed by atoms with Gasteiger partial charge in [0.15, 0.2) is 0 Å². The van der Waals surface area contributed by atoms with E-state index < -0.39 is 18.3 Å². The maximum absolute atomic E-state index is 8.77. The van der Waals surface area contributed by atoms with E-state index in [9.17, 15) is 0 Å². The first-order chi connectivity index (χ1) is 16.5. The number of fused-ring (bicyclic) bond motifs is 1. The van der Waals surface area contributed by atoms with E-state index in [2.05, 4.69) is 0 Å². The van der Waals surface area contributed by atoms with Crippen molar-refractivity contribution in [1.29, 1.82) is 0 Å². The highest BCUT2D eigenvalue weighted by atomic mass is 16.7. The van der Waals surface area contributed by atoms with Crippen LogP contribution in [0.15, 0.2) is 90.9 Å². The lowest BCUT2D eigenvalue weighted by Gasteiger charge is -2.32. The molecule has 4 aromatic carbocycles. The molecule has 0 amide bonds. The van der Waals surface area contributed by atoms with E-state index in [1.165, 1.54) is 0 Å². The van der Waals surface area contributed by atoms with E-state index in [0.717, 1.165) is 16.2 Å². The number of benzene rings is 4. The Morgan fingerprint density at radius 3 is 1.90 bits per heavy atom. The summed E-state index contributed by atoms with van der Waals surface area (Å²) in [6.45, 7) is 8.01. The molecule has 0 atom stereocenters. The van der Waals surface area contributed by atoms with Crippen LogP contribution in [-0.4, -0.2) is 18.3 Å². The molecule has 0 unspecified atom stereocenters. The third-order valence-corrected chi connectivity index (χ3v) is 6.41. The SMILES string of the molecule is [2H]c1c([2H])c(-c2cccc3ccccc23)c([2H])c([2H])c1-c1ccc(B2OC(C)(C)C(C)(C)O2)cc1. The third-order valence-electron chi connectivity index (χ3n) is 6.41. The second-order valence-electron chi connectivity index (χ2n) is 8.99. The van der Waals surface area contributed by atoms with Crippen LogP contribution in [0.25, 0.3) is 33.0 Å². The molecule has 2 nitrogen and oxygen atoms in total. The molecule has 1 aliphatic rings. The van der Waals surface area contributed by atoms with Crippen molar-refractivity contribution in [1.82, 2.24) is 0 Å². The molecule has 154 valence electrons. The molecule has 1 aliphatic heterocycles. The summed E-state index contributed by atoms with van der Waals surface area (Å²) < 4.78 is 47.3. The zero-order valence-electron chi connectivity index (χ0n) is 22.2. The Hall–Kier alpha value is -2.88. The van der Waals surface area contributed by atoms with Gasteiger partial charge in [-0.05, 0) is 66.2 Å². The van der Waals surface area contributed by atoms with Gasteiger partial charge in [-0.1, -0.05) is 90.9 Å². The van der Waals surface area contributed by atoms with Crippen molar-refractivity contribution >= 4 is 23.4 Å². The third kappa shape index (κ3) is 3.58. The highest BCUT2D eigenvalue weighted by Gasteiger charge is 2.51. The molecule has 0 spiro atoms. The van der Waals surface area contributed by atoms with E-state index in [-0.39, 0.29) is 29.7 Å². The van der Waals surface area contributed by atoms with Crippen molar-refractivity contribution < 1.29 is 14.8 Å². The van der Waals surface area contributed by atoms with Gasteiger partial charge in [-0.15, -0.1) is 0 Å². The van der Waals surface area contributed by atoms with Crippen LogP contribution < -0.4 is 5.46 Å². The second kappa shape index (κ2) is 7.37. The molecule has 5 rings (SSSR count). The fraction of sp³-hybridized carbons (Fsp3) is 0.214. The van der Waals surface area contributed by atoms with E-state index in [1.54, 1.807) is 0 Å². The monoisotopic (exact) mass is 410 g/mol. The summed E-state index contributed by atoms with van der Waals surface area (Å²) in [5.41, 5.74) is 1.86. The predicted molar refractivity (Wildman–Crippen MR) is 131 cm³/mol. The van der Waals surface area contributed by atoms with Gasteiger partial charge in [0.1, 0.15) is 0 Å².